The van der Waals surface area contributed by atoms with Crippen molar-refractivity contribution >= 4 is 5.91 Å². The lowest BCUT2D eigenvalue weighted by molar-refractivity contribution is -0.133. The van der Waals surface area contributed by atoms with Crippen molar-refractivity contribution in [2.45, 2.75) is 32.2 Å². The quantitative estimate of drug-likeness (QED) is 0.855. The standard InChI is InChI=1S/C15H19N5O/c1-12-8-16-9-14(18-12)13-4-2-6-19(10-13)15(21)11-20-7-3-5-17-20/h3,5,7-9,13H,2,4,6,10-11H2,1H3. The van der Waals surface area contributed by atoms with Gasteiger partial charge in [-0.3, -0.25) is 19.4 Å². The summed E-state index contributed by atoms with van der Waals surface area (Å²) in [5, 5.41) is 4.09. The first-order valence-electron chi connectivity index (χ1n) is 7.26. The van der Waals surface area contributed by atoms with Crippen LogP contribution in [0.25, 0.3) is 0 Å². The second kappa shape index (κ2) is 6.03. The number of carbonyl (C=O) groups is 1. The number of hydrogen-bond donors (Lipinski definition) is 0. The van der Waals surface area contributed by atoms with E-state index in [0.29, 0.717) is 6.54 Å². The fourth-order valence-corrected chi connectivity index (χ4v) is 2.76. The highest BCUT2D eigenvalue weighted by molar-refractivity contribution is 5.76. The summed E-state index contributed by atoms with van der Waals surface area (Å²) in [5.41, 5.74) is 1.92. The third-order valence-corrected chi connectivity index (χ3v) is 3.82. The predicted octanol–water partition coefficient (Wildman–Crippen LogP) is 1.39. The second-order valence-corrected chi connectivity index (χ2v) is 5.47. The maximum Gasteiger partial charge on any atom is 0.244 e. The Hall–Kier alpha value is -2.24. The first-order valence-corrected chi connectivity index (χ1v) is 7.26. The fraction of sp³-hybridized carbons (Fsp3) is 0.467. The SMILES string of the molecule is Cc1cncc(C2CCCN(C(=O)Cn3cccn3)C2)n1. The molecule has 1 atom stereocenters. The van der Waals surface area contributed by atoms with Crippen molar-refractivity contribution in [1.82, 2.24) is 24.6 Å². The predicted molar refractivity (Wildman–Crippen MR) is 77.6 cm³/mol. The molecule has 21 heavy (non-hydrogen) atoms. The second-order valence-electron chi connectivity index (χ2n) is 5.47. The van der Waals surface area contributed by atoms with E-state index in [4.69, 9.17) is 0 Å². The van der Waals surface area contributed by atoms with Crippen LogP contribution in [0.1, 0.15) is 30.1 Å². The molecule has 0 radical (unpaired) electrons. The van der Waals surface area contributed by atoms with E-state index in [9.17, 15) is 4.79 Å². The Balaban J connectivity index is 1.66. The molecule has 3 rings (SSSR count). The van der Waals surface area contributed by atoms with Gasteiger partial charge in [0.2, 0.25) is 5.91 Å². The van der Waals surface area contributed by atoms with Crippen LogP contribution in [0.5, 0.6) is 0 Å². The van der Waals surface area contributed by atoms with E-state index in [1.807, 2.05) is 30.3 Å². The van der Waals surface area contributed by atoms with Crippen LogP contribution >= 0.6 is 0 Å². The number of nitrogens with zero attached hydrogens (tertiary/aromatic N) is 5. The molecule has 0 bridgehead atoms. The number of likely N-dealkylation sites (tertiary alicyclic amines) is 1. The number of aromatic nitrogens is 4. The van der Waals surface area contributed by atoms with Crippen LogP contribution in [-0.2, 0) is 11.3 Å². The number of piperidine rings is 1. The van der Waals surface area contributed by atoms with Crippen LogP contribution in [0, 0.1) is 6.92 Å². The van der Waals surface area contributed by atoms with Crippen LogP contribution in [0.2, 0.25) is 0 Å². The Kier molecular flexibility index (Phi) is 3.94. The summed E-state index contributed by atoms with van der Waals surface area (Å²) in [6, 6.07) is 1.83. The van der Waals surface area contributed by atoms with Gasteiger partial charge in [0.25, 0.3) is 0 Å². The van der Waals surface area contributed by atoms with E-state index in [-0.39, 0.29) is 11.8 Å². The number of carbonyl (C=O) groups excluding carboxylic acids is 1. The summed E-state index contributed by atoms with van der Waals surface area (Å²) in [6.07, 6.45) is 9.14. The highest BCUT2D eigenvalue weighted by Gasteiger charge is 2.25. The minimum Gasteiger partial charge on any atom is -0.340 e. The Morgan fingerprint density at radius 2 is 2.33 bits per heavy atom. The Labute approximate surface area is 123 Å². The molecule has 0 saturated carbocycles. The molecule has 0 spiro atoms. The molecule has 6 nitrogen and oxygen atoms in total. The normalized spacial score (nSPS) is 18.7. The smallest absolute Gasteiger partial charge is 0.244 e. The molecule has 110 valence electrons. The number of hydrogen-bond acceptors (Lipinski definition) is 4. The zero-order valence-electron chi connectivity index (χ0n) is 12.1. The van der Waals surface area contributed by atoms with Gasteiger partial charge >= 0.3 is 0 Å². The minimum absolute atomic E-state index is 0.115. The number of rotatable bonds is 3. The molecule has 2 aromatic rings. The maximum atomic E-state index is 12.3. The van der Waals surface area contributed by atoms with E-state index < -0.39 is 0 Å². The Morgan fingerprint density at radius 1 is 1.43 bits per heavy atom. The molecule has 1 aliphatic rings. The molecular formula is C15H19N5O. The highest BCUT2D eigenvalue weighted by Crippen LogP contribution is 2.25. The lowest BCUT2D eigenvalue weighted by Gasteiger charge is -2.32. The van der Waals surface area contributed by atoms with Crippen molar-refractivity contribution in [3.8, 4) is 0 Å². The first kappa shape index (κ1) is 13.7. The zero-order chi connectivity index (χ0) is 14.7. The van der Waals surface area contributed by atoms with E-state index >= 15 is 0 Å². The molecule has 3 heterocycles. The van der Waals surface area contributed by atoms with Gasteiger partial charge in [0, 0.05) is 43.8 Å². The van der Waals surface area contributed by atoms with E-state index in [1.165, 1.54) is 0 Å². The van der Waals surface area contributed by atoms with Crippen molar-refractivity contribution < 1.29 is 4.79 Å². The van der Waals surface area contributed by atoms with Gasteiger partial charge in [-0.15, -0.1) is 0 Å². The van der Waals surface area contributed by atoms with Crippen LogP contribution < -0.4 is 0 Å². The zero-order valence-corrected chi connectivity index (χ0v) is 12.1. The molecule has 6 heteroatoms. The van der Waals surface area contributed by atoms with Crippen LogP contribution in [0.4, 0.5) is 0 Å². The van der Waals surface area contributed by atoms with Gasteiger partial charge in [-0.2, -0.15) is 5.10 Å². The van der Waals surface area contributed by atoms with Crippen LogP contribution in [0.3, 0.4) is 0 Å². The van der Waals surface area contributed by atoms with E-state index in [2.05, 4.69) is 15.1 Å². The van der Waals surface area contributed by atoms with Gasteiger partial charge in [0.05, 0.1) is 11.4 Å². The van der Waals surface area contributed by atoms with E-state index in [0.717, 1.165) is 37.3 Å². The molecule has 0 aromatic carbocycles. The highest BCUT2D eigenvalue weighted by atomic mass is 16.2. The largest absolute Gasteiger partial charge is 0.340 e. The lowest BCUT2D eigenvalue weighted by Crippen LogP contribution is -2.41. The molecule has 1 aliphatic heterocycles. The summed E-state index contributed by atoms with van der Waals surface area (Å²) in [5.74, 6) is 0.400. The van der Waals surface area contributed by atoms with Crippen molar-refractivity contribution in [1.29, 1.82) is 0 Å². The van der Waals surface area contributed by atoms with Gasteiger partial charge in [-0.05, 0) is 25.8 Å². The summed E-state index contributed by atoms with van der Waals surface area (Å²) in [7, 11) is 0. The Morgan fingerprint density at radius 3 is 3.10 bits per heavy atom. The van der Waals surface area contributed by atoms with E-state index in [1.54, 1.807) is 17.1 Å². The van der Waals surface area contributed by atoms with Crippen molar-refractivity contribution in [3.63, 3.8) is 0 Å². The first-order chi connectivity index (χ1) is 10.2. The third-order valence-electron chi connectivity index (χ3n) is 3.82. The molecule has 1 fully saturated rings. The average Bonchev–Trinajstić information content (AvgIpc) is 3.00. The van der Waals surface area contributed by atoms with Crippen LogP contribution in [-0.4, -0.2) is 43.6 Å². The van der Waals surface area contributed by atoms with Gasteiger partial charge in [-0.25, -0.2) is 0 Å². The molecule has 1 saturated heterocycles. The van der Waals surface area contributed by atoms with Gasteiger partial charge in [0.1, 0.15) is 6.54 Å². The summed E-state index contributed by atoms with van der Waals surface area (Å²) >= 11 is 0. The van der Waals surface area contributed by atoms with Gasteiger partial charge < -0.3 is 4.90 Å². The molecule has 2 aromatic heterocycles. The third kappa shape index (κ3) is 3.26. The molecule has 1 amide bonds. The lowest BCUT2D eigenvalue weighted by atomic mass is 9.95. The monoisotopic (exact) mass is 285 g/mol. The maximum absolute atomic E-state index is 12.3. The molecule has 1 unspecified atom stereocenters. The Bertz CT molecular complexity index is 610. The summed E-state index contributed by atoms with van der Waals surface area (Å²) in [4.78, 5) is 23.0. The molecule has 0 aliphatic carbocycles. The summed E-state index contributed by atoms with van der Waals surface area (Å²) in [6.45, 7) is 3.78. The number of amides is 1. The van der Waals surface area contributed by atoms with Gasteiger partial charge in [-0.1, -0.05) is 0 Å². The molecule has 0 N–H and O–H groups in total. The van der Waals surface area contributed by atoms with Crippen molar-refractivity contribution in [3.05, 3.63) is 42.2 Å². The van der Waals surface area contributed by atoms with Crippen molar-refractivity contribution in [2.75, 3.05) is 13.1 Å². The van der Waals surface area contributed by atoms with Crippen molar-refractivity contribution in [2.24, 2.45) is 0 Å². The summed E-state index contributed by atoms with van der Waals surface area (Å²) < 4.78 is 1.67. The minimum atomic E-state index is 0.115. The molecular weight excluding hydrogens is 266 g/mol. The fourth-order valence-electron chi connectivity index (χ4n) is 2.76. The van der Waals surface area contributed by atoms with Gasteiger partial charge in [0.15, 0.2) is 0 Å². The number of aryl methyl sites for hydroxylation is 1. The topological polar surface area (TPSA) is 63.9 Å². The average molecular weight is 285 g/mol. The van der Waals surface area contributed by atoms with Crippen LogP contribution in [0.15, 0.2) is 30.9 Å².